The average molecular weight is 325 g/mol. The van der Waals surface area contributed by atoms with Crippen LogP contribution >= 0.6 is 11.8 Å². The third-order valence-corrected chi connectivity index (χ3v) is 4.17. The van der Waals surface area contributed by atoms with Gasteiger partial charge in [0.25, 0.3) is 0 Å². The van der Waals surface area contributed by atoms with Crippen molar-refractivity contribution in [2.45, 2.75) is 17.9 Å². The fourth-order valence-corrected chi connectivity index (χ4v) is 2.94. The second kappa shape index (κ2) is 8.72. The standard InChI is InChI=1S/C16H15N5OS/c17-7-3-9-21(10-4-8-18)15(22)11-23-16-13-5-1-2-6-14(13)19-12-20-16/h1-2,5-6,12H,3-4,9-11H2. The number of hydrogen-bond donors (Lipinski definition) is 0. The van der Waals surface area contributed by atoms with E-state index in [1.54, 1.807) is 4.90 Å². The Kier molecular flexibility index (Phi) is 6.34. The van der Waals surface area contributed by atoms with E-state index in [2.05, 4.69) is 9.97 Å². The van der Waals surface area contributed by atoms with Crippen LogP contribution in [0.2, 0.25) is 0 Å². The van der Waals surface area contributed by atoms with Crippen LogP contribution in [-0.2, 0) is 4.79 Å². The number of thioether (sulfide) groups is 1. The molecule has 0 aliphatic heterocycles. The molecule has 1 aromatic heterocycles. The molecule has 116 valence electrons. The van der Waals surface area contributed by atoms with Gasteiger partial charge in [0.15, 0.2) is 0 Å². The molecular weight excluding hydrogens is 310 g/mol. The lowest BCUT2D eigenvalue weighted by Gasteiger charge is -2.20. The van der Waals surface area contributed by atoms with Crippen LogP contribution in [0.15, 0.2) is 35.6 Å². The minimum Gasteiger partial charge on any atom is -0.340 e. The van der Waals surface area contributed by atoms with Crippen molar-refractivity contribution in [2.24, 2.45) is 0 Å². The van der Waals surface area contributed by atoms with Crippen molar-refractivity contribution in [1.82, 2.24) is 14.9 Å². The third-order valence-electron chi connectivity index (χ3n) is 3.18. The molecule has 0 aliphatic rings. The van der Waals surface area contributed by atoms with E-state index in [0.717, 1.165) is 15.9 Å². The summed E-state index contributed by atoms with van der Waals surface area (Å²) in [5.74, 6) is 0.126. The van der Waals surface area contributed by atoms with Gasteiger partial charge in [-0.1, -0.05) is 30.0 Å². The first kappa shape index (κ1) is 16.7. The van der Waals surface area contributed by atoms with Gasteiger partial charge in [0.05, 0.1) is 36.2 Å². The molecule has 1 heterocycles. The van der Waals surface area contributed by atoms with Crippen molar-refractivity contribution < 1.29 is 4.79 Å². The quantitative estimate of drug-likeness (QED) is 0.573. The van der Waals surface area contributed by atoms with Crippen LogP contribution in [0.3, 0.4) is 0 Å². The number of hydrogen-bond acceptors (Lipinski definition) is 6. The van der Waals surface area contributed by atoms with Crippen molar-refractivity contribution >= 4 is 28.6 Å². The topological polar surface area (TPSA) is 93.7 Å². The van der Waals surface area contributed by atoms with Crippen LogP contribution in [0.5, 0.6) is 0 Å². The molecule has 0 radical (unpaired) electrons. The number of benzene rings is 1. The van der Waals surface area contributed by atoms with Gasteiger partial charge in [-0.25, -0.2) is 9.97 Å². The van der Waals surface area contributed by atoms with Crippen molar-refractivity contribution in [3.8, 4) is 12.1 Å². The number of nitriles is 2. The summed E-state index contributed by atoms with van der Waals surface area (Å²) in [6.45, 7) is 0.699. The largest absolute Gasteiger partial charge is 0.340 e. The average Bonchev–Trinajstić information content (AvgIpc) is 2.59. The summed E-state index contributed by atoms with van der Waals surface area (Å²) in [4.78, 5) is 22.3. The Labute approximate surface area is 138 Å². The van der Waals surface area contributed by atoms with E-state index in [0.29, 0.717) is 13.1 Å². The smallest absolute Gasteiger partial charge is 0.233 e. The minimum atomic E-state index is -0.0943. The number of amides is 1. The highest BCUT2D eigenvalue weighted by molar-refractivity contribution is 8.00. The molecule has 2 rings (SSSR count). The molecule has 0 saturated heterocycles. The first-order valence-electron chi connectivity index (χ1n) is 7.10. The molecule has 0 saturated carbocycles. The molecule has 0 fully saturated rings. The van der Waals surface area contributed by atoms with Gasteiger partial charge in [-0.3, -0.25) is 4.79 Å². The molecule has 1 amide bonds. The van der Waals surface area contributed by atoms with E-state index < -0.39 is 0 Å². The van der Waals surface area contributed by atoms with Crippen LogP contribution in [0.1, 0.15) is 12.8 Å². The molecule has 0 aliphatic carbocycles. The second-order valence-electron chi connectivity index (χ2n) is 4.68. The SMILES string of the molecule is N#CCCN(CCC#N)C(=O)CSc1ncnc2ccccc12. The second-order valence-corrected chi connectivity index (χ2v) is 5.65. The van der Waals surface area contributed by atoms with Gasteiger partial charge in [-0.15, -0.1) is 0 Å². The highest BCUT2D eigenvalue weighted by Crippen LogP contribution is 2.24. The molecule has 0 bridgehead atoms. The molecule has 0 spiro atoms. The van der Waals surface area contributed by atoms with E-state index >= 15 is 0 Å². The third kappa shape index (κ3) is 4.67. The summed E-state index contributed by atoms with van der Waals surface area (Å²) < 4.78 is 0. The molecule has 6 nitrogen and oxygen atoms in total. The number of rotatable bonds is 7. The molecular formula is C16H15N5OS. The first-order chi connectivity index (χ1) is 11.3. The Bertz CT molecular complexity index is 742. The van der Waals surface area contributed by atoms with Crippen LogP contribution in [0.4, 0.5) is 0 Å². The molecule has 0 unspecified atom stereocenters. The lowest BCUT2D eigenvalue weighted by molar-refractivity contribution is -0.128. The van der Waals surface area contributed by atoms with E-state index in [-0.39, 0.29) is 24.5 Å². The van der Waals surface area contributed by atoms with Gasteiger partial charge < -0.3 is 4.90 Å². The fraction of sp³-hybridized carbons (Fsp3) is 0.312. The fourth-order valence-electron chi connectivity index (χ4n) is 2.05. The van der Waals surface area contributed by atoms with E-state index in [9.17, 15) is 4.79 Å². The Balaban J connectivity index is 2.04. The number of fused-ring (bicyclic) bond motifs is 1. The zero-order valence-electron chi connectivity index (χ0n) is 12.5. The Morgan fingerprint density at radius 3 is 2.52 bits per heavy atom. The van der Waals surface area contributed by atoms with Crippen LogP contribution in [0.25, 0.3) is 10.9 Å². The predicted octanol–water partition coefficient (Wildman–Crippen LogP) is 2.38. The van der Waals surface area contributed by atoms with Crippen molar-refractivity contribution in [2.75, 3.05) is 18.8 Å². The summed E-state index contributed by atoms with van der Waals surface area (Å²) >= 11 is 1.35. The summed E-state index contributed by atoms with van der Waals surface area (Å²) in [5.41, 5.74) is 0.836. The van der Waals surface area contributed by atoms with Crippen LogP contribution in [0, 0.1) is 22.7 Å². The zero-order valence-corrected chi connectivity index (χ0v) is 13.3. The van der Waals surface area contributed by atoms with E-state index in [1.165, 1.54) is 18.1 Å². The van der Waals surface area contributed by atoms with Crippen LogP contribution in [-0.4, -0.2) is 39.6 Å². The number of para-hydroxylation sites is 1. The lowest BCUT2D eigenvalue weighted by atomic mass is 10.2. The molecule has 0 atom stereocenters. The molecule has 23 heavy (non-hydrogen) atoms. The summed E-state index contributed by atoms with van der Waals surface area (Å²) in [7, 11) is 0. The highest BCUT2D eigenvalue weighted by Gasteiger charge is 2.14. The van der Waals surface area contributed by atoms with E-state index in [4.69, 9.17) is 10.5 Å². The van der Waals surface area contributed by atoms with Gasteiger partial charge in [0.1, 0.15) is 11.4 Å². The molecule has 7 heteroatoms. The molecule has 1 aromatic carbocycles. The maximum absolute atomic E-state index is 12.3. The van der Waals surface area contributed by atoms with Crippen LogP contribution < -0.4 is 0 Å². The number of carbonyl (C=O) groups is 1. The highest BCUT2D eigenvalue weighted by atomic mass is 32.2. The summed E-state index contributed by atoms with van der Waals surface area (Å²) in [6.07, 6.45) is 2.01. The first-order valence-corrected chi connectivity index (χ1v) is 8.09. The summed E-state index contributed by atoms with van der Waals surface area (Å²) in [5, 5.41) is 19.0. The minimum absolute atomic E-state index is 0.0943. The van der Waals surface area contributed by atoms with Gasteiger partial charge in [0.2, 0.25) is 5.91 Å². The molecule has 2 aromatic rings. The van der Waals surface area contributed by atoms with Gasteiger partial charge >= 0.3 is 0 Å². The lowest BCUT2D eigenvalue weighted by Crippen LogP contribution is -2.34. The Hall–Kier alpha value is -2.64. The Morgan fingerprint density at radius 1 is 1.13 bits per heavy atom. The number of aromatic nitrogens is 2. The maximum Gasteiger partial charge on any atom is 0.233 e. The Morgan fingerprint density at radius 2 is 1.83 bits per heavy atom. The normalized spacial score (nSPS) is 10.0. The maximum atomic E-state index is 12.3. The van der Waals surface area contributed by atoms with Gasteiger partial charge in [-0.2, -0.15) is 10.5 Å². The van der Waals surface area contributed by atoms with E-state index in [1.807, 2.05) is 36.4 Å². The van der Waals surface area contributed by atoms with Crippen molar-refractivity contribution in [3.05, 3.63) is 30.6 Å². The molecule has 0 N–H and O–H groups in total. The monoisotopic (exact) mass is 325 g/mol. The van der Waals surface area contributed by atoms with Crippen molar-refractivity contribution in [1.29, 1.82) is 10.5 Å². The number of carbonyl (C=O) groups excluding carboxylic acids is 1. The predicted molar refractivity (Wildman–Crippen MR) is 87.3 cm³/mol. The van der Waals surface area contributed by atoms with Gasteiger partial charge in [0, 0.05) is 18.5 Å². The zero-order chi connectivity index (χ0) is 16.5. The number of nitrogens with zero attached hydrogens (tertiary/aromatic N) is 5. The van der Waals surface area contributed by atoms with Gasteiger partial charge in [-0.05, 0) is 6.07 Å². The summed E-state index contributed by atoms with van der Waals surface area (Å²) in [6, 6.07) is 11.7. The van der Waals surface area contributed by atoms with Crippen molar-refractivity contribution in [3.63, 3.8) is 0 Å².